The molecule has 0 saturated heterocycles. The van der Waals surface area contributed by atoms with E-state index in [-0.39, 0.29) is 5.56 Å². The maximum absolute atomic E-state index is 12.4. The zero-order valence-corrected chi connectivity index (χ0v) is 13.8. The van der Waals surface area contributed by atoms with Crippen LogP contribution in [0.4, 0.5) is 13.2 Å². The molecule has 1 aliphatic rings. The molecule has 1 aromatic rings. The number of carbonyl (C=O) groups excluding carboxylic acids is 1. The Morgan fingerprint density at radius 3 is 2.83 bits per heavy atom. The third kappa shape index (κ3) is 5.02. The maximum Gasteiger partial charge on any atom is 0.573 e. The van der Waals surface area contributed by atoms with Gasteiger partial charge in [0.2, 0.25) is 0 Å². The van der Waals surface area contributed by atoms with Gasteiger partial charge in [0.05, 0.1) is 11.3 Å². The molecular formula is C16H17F3N2O2S. The standard InChI is InChI=1S/C16H17F3N2O2S/c1-3-6-10(2)12-9-24-15(20-12)21-14(22)11-7-4-5-8-13(11)23-16(17,18)19/h4-5,7-8,15H,2-3,6,9H2,1H3,(H,21,22). The van der Waals surface area contributed by atoms with Gasteiger partial charge in [0.15, 0.2) is 5.50 Å². The second kappa shape index (κ2) is 7.74. The molecule has 130 valence electrons. The predicted octanol–water partition coefficient (Wildman–Crippen LogP) is 4.14. The zero-order chi connectivity index (χ0) is 17.7. The molecule has 2 rings (SSSR count). The third-order valence-corrected chi connectivity index (χ3v) is 4.20. The monoisotopic (exact) mass is 358 g/mol. The maximum atomic E-state index is 12.4. The third-order valence-electron chi connectivity index (χ3n) is 3.22. The number of alkyl halides is 3. The number of hydrogen-bond acceptors (Lipinski definition) is 4. The number of rotatable bonds is 6. The van der Waals surface area contributed by atoms with Crippen LogP contribution >= 0.6 is 11.8 Å². The quantitative estimate of drug-likeness (QED) is 0.831. The Morgan fingerprint density at radius 1 is 1.46 bits per heavy atom. The Morgan fingerprint density at radius 2 is 2.17 bits per heavy atom. The van der Waals surface area contributed by atoms with Crippen LogP contribution in [0.5, 0.6) is 5.75 Å². The first kappa shape index (κ1) is 18.4. The van der Waals surface area contributed by atoms with E-state index in [2.05, 4.69) is 21.6 Å². The average molecular weight is 358 g/mol. The number of carbonyl (C=O) groups is 1. The minimum absolute atomic E-state index is 0.188. The molecule has 1 amide bonds. The van der Waals surface area contributed by atoms with E-state index in [1.54, 1.807) is 0 Å². The molecule has 0 aliphatic carbocycles. The molecule has 0 fully saturated rings. The molecule has 0 bridgehead atoms. The van der Waals surface area contributed by atoms with Crippen molar-refractivity contribution in [1.29, 1.82) is 0 Å². The van der Waals surface area contributed by atoms with Gasteiger partial charge in [0.25, 0.3) is 5.91 Å². The van der Waals surface area contributed by atoms with Gasteiger partial charge >= 0.3 is 6.36 Å². The Labute approximate surface area is 142 Å². The molecule has 4 nitrogen and oxygen atoms in total. The number of thioether (sulfide) groups is 1. The predicted molar refractivity (Wildman–Crippen MR) is 88.3 cm³/mol. The lowest BCUT2D eigenvalue weighted by Gasteiger charge is -2.14. The molecule has 0 radical (unpaired) electrons. The van der Waals surface area contributed by atoms with Crippen molar-refractivity contribution >= 4 is 23.4 Å². The highest BCUT2D eigenvalue weighted by atomic mass is 32.2. The van der Waals surface area contributed by atoms with Gasteiger partial charge in [-0.25, -0.2) is 0 Å². The fraction of sp³-hybridized carbons (Fsp3) is 0.375. The van der Waals surface area contributed by atoms with E-state index in [0.29, 0.717) is 5.75 Å². The number of nitrogens with one attached hydrogen (secondary N) is 1. The fourth-order valence-corrected chi connectivity index (χ4v) is 3.13. The van der Waals surface area contributed by atoms with Crippen LogP contribution in [0.3, 0.4) is 0 Å². The topological polar surface area (TPSA) is 50.7 Å². The number of halogens is 3. The zero-order valence-electron chi connectivity index (χ0n) is 13.0. The van der Waals surface area contributed by atoms with Gasteiger partial charge in [-0.3, -0.25) is 9.79 Å². The van der Waals surface area contributed by atoms with Gasteiger partial charge in [0.1, 0.15) is 5.75 Å². The average Bonchev–Trinajstić information content (AvgIpc) is 2.95. The molecule has 24 heavy (non-hydrogen) atoms. The van der Waals surface area contributed by atoms with Crippen molar-refractivity contribution < 1.29 is 22.7 Å². The van der Waals surface area contributed by atoms with Gasteiger partial charge in [0, 0.05) is 5.75 Å². The summed E-state index contributed by atoms with van der Waals surface area (Å²) in [6, 6.07) is 5.21. The van der Waals surface area contributed by atoms with Crippen LogP contribution in [-0.2, 0) is 0 Å². The van der Waals surface area contributed by atoms with Crippen molar-refractivity contribution in [2.45, 2.75) is 31.6 Å². The summed E-state index contributed by atoms with van der Waals surface area (Å²) in [5.41, 5.74) is 1.01. The van der Waals surface area contributed by atoms with Crippen molar-refractivity contribution in [3.8, 4) is 5.75 Å². The number of benzene rings is 1. The van der Waals surface area contributed by atoms with Crippen LogP contribution in [0.15, 0.2) is 41.4 Å². The van der Waals surface area contributed by atoms with E-state index in [4.69, 9.17) is 0 Å². The van der Waals surface area contributed by atoms with E-state index in [0.717, 1.165) is 30.2 Å². The van der Waals surface area contributed by atoms with Crippen LogP contribution in [0.25, 0.3) is 0 Å². The number of allylic oxidation sites excluding steroid dienone is 1. The van der Waals surface area contributed by atoms with E-state index >= 15 is 0 Å². The van der Waals surface area contributed by atoms with E-state index in [1.165, 1.54) is 30.0 Å². The molecule has 0 aromatic heterocycles. The fourth-order valence-electron chi connectivity index (χ4n) is 2.15. The molecule has 1 aliphatic heterocycles. The summed E-state index contributed by atoms with van der Waals surface area (Å²) in [5, 5.41) is 2.60. The van der Waals surface area contributed by atoms with Crippen molar-refractivity contribution in [2.24, 2.45) is 4.99 Å². The molecule has 1 unspecified atom stereocenters. The lowest BCUT2D eigenvalue weighted by Crippen LogP contribution is -2.31. The first-order valence-electron chi connectivity index (χ1n) is 7.32. The largest absolute Gasteiger partial charge is 0.573 e. The number of ether oxygens (including phenoxy) is 1. The molecule has 0 saturated carbocycles. The van der Waals surface area contributed by atoms with Crippen LogP contribution in [-0.4, -0.2) is 29.2 Å². The summed E-state index contributed by atoms with van der Waals surface area (Å²) in [6.45, 7) is 5.98. The Bertz CT molecular complexity index is 659. The summed E-state index contributed by atoms with van der Waals surface area (Å²) in [7, 11) is 0. The van der Waals surface area contributed by atoms with Crippen LogP contribution in [0, 0.1) is 0 Å². The first-order chi connectivity index (χ1) is 11.3. The lowest BCUT2D eigenvalue weighted by molar-refractivity contribution is -0.274. The summed E-state index contributed by atoms with van der Waals surface area (Å²) in [4.78, 5) is 16.6. The Kier molecular flexibility index (Phi) is 5.93. The van der Waals surface area contributed by atoms with Crippen molar-refractivity contribution in [3.05, 3.63) is 42.0 Å². The normalized spacial score (nSPS) is 17.3. The second-order valence-electron chi connectivity index (χ2n) is 5.11. The van der Waals surface area contributed by atoms with E-state index in [9.17, 15) is 18.0 Å². The number of para-hydroxylation sites is 1. The first-order valence-corrected chi connectivity index (χ1v) is 8.37. The van der Waals surface area contributed by atoms with Crippen LogP contribution < -0.4 is 10.1 Å². The second-order valence-corrected chi connectivity index (χ2v) is 6.18. The number of amides is 1. The number of nitrogens with zero attached hydrogens (tertiary/aromatic N) is 1. The van der Waals surface area contributed by atoms with E-state index in [1.807, 2.05) is 6.92 Å². The van der Waals surface area contributed by atoms with Crippen LogP contribution in [0.2, 0.25) is 0 Å². The minimum atomic E-state index is -4.86. The number of aliphatic imine (C=N–C) groups is 1. The smallest absolute Gasteiger partial charge is 0.405 e. The molecule has 0 spiro atoms. The highest BCUT2D eigenvalue weighted by Crippen LogP contribution is 2.27. The van der Waals surface area contributed by atoms with Gasteiger partial charge in [-0.05, 0) is 24.1 Å². The van der Waals surface area contributed by atoms with Gasteiger partial charge in [-0.2, -0.15) is 0 Å². The van der Waals surface area contributed by atoms with E-state index < -0.39 is 23.5 Å². The summed E-state index contributed by atoms with van der Waals surface area (Å²) >= 11 is 1.39. The van der Waals surface area contributed by atoms with Gasteiger partial charge in [-0.1, -0.05) is 32.1 Å². The summed E-state index contributed by atoms with van der Waals surface area (Å²) in [6.07, 6.45) is -3.09. The minimum Gasteiger partial charge on any atom is -0.405 e. The van der Waals surface area contributed by atoms with Crippen molar-refractivity contribution in [1.82, 2.24) is 5.32 Å². The van der Waals surface area contributed by atoms with Gasteiger partial charge < -0.3 is 10.1 Å². The van der Waals surface area contributed by atoms with Gasteiger partial charge in [-0.15, -0.1) is 24.9 Å². The van der Waals surface area contributed by atoms with Crippen LogP contribution in [0.1, 0.15) is 30.1 Å². The Hall–Kier alpha value is -1.96. The van der Waals surface area contributed by atoms with Crippen molar-refractivity contribution in [3.63, 3.8) is 0 Å². The molecule has 1 aromatic carbocycles. The lowest BCUT2D eigenvalue weighted by atomic mass is 10.1. The van der Waals surface area contributed by atoms with Crippen molar-refractivity contribution in [2.75, 3.05) is 5.75 Å². The number of hydrogen-bond donors (Lipinski definition) is 1. The highest BCUT2D eigenvalue weighted by molar-refractivity contribution is 8.00. The molecule has 8 heteroatoms. The summed E-state index contributed by atoms with van der Waals surface area (Å²) in [5.74, 6) is -0.589. The summed E-state index contributed by atoms with van der Waals surface area (Å²) < 4.78 is 41.1. The highest BCUT2D eigenvalue weighted by Gasteiger charge is 2.33. The molecule has 1 N–H and O–H groups in total. The molecular weight excluding hydrogens is 341 g/mol. The Balaban J connectivity index is 2.07. The molecule has 1 heterocycles. The SMILES string of the molecule is C=C(CCC)C1=NC(NC(=O)c2ccccc2OC(F)(F)F)SC1. The molecule has 1 atom stereocenters.